The fraction of sp³-hybridized carbons (Fsp3) is 0.267. The number of hydrogen-bond donors (Lipinski definition) is 0. The second-order valence-corrected chi connectivity index (χ2v) is 9.49. The van der Waals surface area contributed by atoms with E-state index >= 15 is 0 Å². The zero-order valence-electron chi connectivity index (χ0n) is 18.5. The van der Waals surface area contributed by atoms with Crippen molar-refractivity contribution in [3.63, 3.8) is 0 Å². The van der Waals surface area contributed by atoms with Crippen molar-refractivity contribution in [1.29, 1.82) is 0 Å². The van der Waals surface area contributed by atoms with Gasteiger partial charge in [-0.05, 0) is 92.8 Å². The molecule has 2 heterocycles. The summed E-state index contributed by atoms with van der Waals surface area (Å²) in [4.78, 5) is 0. The first-order chi connectivity index (χ1) is 15.9. The van der Waals surface area contributed by atoms with Crippen molar-refractivity contribution < 1.29 is 0 Å². The monoisotopic (exact) mass is 416 g/mol. The Morgan fingerprint density at radius 2 is 0.938 bits per heavy atom. The van der Waals surface area contributed by atoms with E-state index in [0.29, 0.717) is 0 Å². The molecule has 0 unspecified atom stereocenters. The van der Waals surface area contributed by atoms with Gasteiger partial charge in [0, 0.05) is 33.5 Å². The highest BCUT2D eigenvalue weighted by Gasteiger charge is 2.23. The topological polar surface area (TPSA) is 9.86 Å². The lowest BCUT2D eigenvalue weighted by molar-refractivity contribution is 0.665. The first-order valence-electron chi connectivity index (χ1n) is 12.2. The maximum absolute atomic E-state index is 2.55. The molecule has 32 heavy (non-hydrogen) atoms. The number of rotatable bonds is 2. The van der Waals surface area contributed by atoms with Crippen LogP contribution in [0.3, 0.4) is 0 Å². The molecule has 0 spiro atoms. The molecule has 7 rings (SSSR count). The Hall–Kier alpha value is -3.26. The second-order valence-electron chi connectivity index (χ2n) is 9.49. The van der Waals surface area contributed by atoms with E-state index in [4.69, 9.17) is 0 Å². The fourth-order valence-electron chi connectivity index (χ4n) is 6.35. The minimum atomic E-state index is 1.18. The zero-order chi connectivity index (χ0) is 21.1. The van der Waals surface area contributed by atoms with Crippen molar-refractivity contribution in [2.24, 2.45) is 0 Å². The standard InChI is InChI=1S/C30H28N2/c1-5-16-27-23(12-1)24-13-2-6-17-28(24)31(27)21-10-9-11-22(20-21)32-29-18-7-3-14-25(29)26-15-4-8-19-30(26)32/h1,3,5,7,9-12,14,16,18,20H,2,4,6,8,13,15,17,19H2. The largest absolute Gasteiger partial charge is 0.313 e. The van der Waals surface area contributed by atoms with Gasteiger partial charge in [0.05, 0.1) is 11.0 Å². The summed E-state index contributed by atoms with van der Waals surface area (Å²) in [5.41, 5.74) is 11.5. The van der Waals surface area contributed by atoms with Gasteiger partial charge in [-0.2, -0.15) is 0 Å². The summed E-state index contributed by atoms with van der Waals surface area (Å²) < 4.78 is 5.09. The molecule has 0 fully saturated rings. The predicted molar refractivity (Wildman–Crippen MR) is 133 cm³/mol. The number of nitrogens with zero attached hydrogens (tertiary/aromatic N) is 2. The molecule has 0 bridgehead atoms. The lowest BCUT2D eigenvalue weighted by atomic mass is 9.95. The lowest BCUT2D eigenvalue weighted by Gasteiger charge is -2.19. The normalized spacial score (nSPS) is 15.8. The van der Waals surface area contributed by atoms with E-state index in [0.717, 1.165) is 0 Å². The van der Waals surface area contributed by atoms with Gasteiger partial charge in [0.25, 0.3) is 0 Å². The molecule has 2 nitrogen and oxygen atoms in total. The van der Waals surface area contributed by atoms with E-state index in [1.54, 1.807) is 11.1 Å². The quantitative estimate of drug-likeness (QED) is 0.285. The van der Waals surface area contributed by atoms with Crippen LogP contribution in [0.15, 0.2) is 72.8 Å². The molecule has 0 amide bonds. The smallest absolute Gasteiger partial charge is 0.0534 e. The van der Waals surface area contributed by atoms with Gasteiger partial charge in [0.15, 0.2) is 0 Å². The van der Waals surface area contributed by atoms with Crippen molar-refractivity contribution in [2.75, 3.05) is 0 Å². The average molecular weight is 417 g/mol. The minimum absolute atomic E-state index is 1.18. The lowest BCUT2D eigenvalue weighted by Crippen LogP contribution is -2.09. The van der Waals surface area contributed by atoms with E-state index in [9.17, 15) is 0 Å². The predicted octanol–water partition coefficient (Wildman–Crippen LogP) is 7.33. The van der Waals surface area contributed by atoms with Crippen LogP contribution in [0.25, 0.3) is 33.2 Å². The van der Waals surface area contributed by atoms with Gasteiger partial charge in [0.2, 0.25) is 0 Å². The van der Waals surface area contributed by atoms with Gasteiger partial charge in [0.1, 0.15) is 0 Å². The molecular formula is C30H28N2. The Kier molecular flexibility index (Phi) is 4.08. The number of hydrogen-bond acceptors (Lipinski definition) is 0. The van der Waals surface area contributed by atoms with Crippen molar-refractivity contribution >= 4 is 21.8 Å². The number of fused-ring (bicyclic) bond motifs is 6. The van der Waals surface area contributed by atoms with Crippen molar-refractivity contribution in [1.82, 2.24) is 9.13 Å². The first-order valence-corrected chi connectivity index (χ1v) is 12.2. The third-order valence-corrected chi connectivity index (χ3v) is 7.70. The van der Waals surface area contributed by atoms with E-state index < -0.39 is 0 Å². The highest BCUT2D eigenvalue weighted by atomic mass is 15.0. The number of benzene rings is 3. The van der Waals surface area contributed by atoms with E-state index in [1.807, 2.05) is 0 Å². The molecule has 0 saturated heterocycles. The van der Waals surface area contributed by atoms with E-state index in [1.165, 1.54) is 95.9 Å². The minimum Gasteiger partial charge on any atom is -0.313 e. The second kappa shape index (κ2) is 7.13. The number of aromatic nitrogens is 2. The van der Waals surface area contributed by atoms with Gasteiger partial charge < -0.3 is 9.13 Å². The summed E-state index contributed by atoms with van der Waals surface area (Å²) in [6.07, 6.45) is 9.96. The van der Waals surface area contributed by atoms with Crippen molar-refractivity contribution in [2.45, 2.75) is 51.4 Å². The number of aryl methyl sites for hydroxylation is 2. The highest BCUT2D eigenvalue weighted by Crippen LogP contribution is 2.37. The van der Waals surface area contributed by atoms with Gasteiger partial charge in [-0.15, -0.1) is 0 Å². The Morgan fingerprint density at radius 1 is 0.469 bits per heavy atom. The summed E-state index contributed by atoms with van der Waals surface area (Å²) in [5.74, 6) is 0. The van der Waals surface area contributed by atoms with Gasteiger partial charge in [-0.1, -0.05) is 42.5 Å². The van der Waals surface area contributed by atoms with Crippen molar-refractivity contribution in [3.8, 4) is 11.4 Å². The number of para-hydroxylation sites is 2. The molecule has 0 aliphatic heterocycles. The molecular weight excluding hydrogens is 388 g/mol. The van der Waals surface area contributed by atoms with Crippen LogP contribution in [0.5, 0.6) is 0 Å². The van der Waals surface area contributed by atoms with E-state index in [2.05, 4.69) is 81.9 Å². The first kappa shape index (κ1) is 18.3. The van der Waals surface area contributed by atoms with E-state index in [-0.39, 0.29) is 0 Å². The van der Waals surface area contributed by atoms with Crippen molar-refractivity contribution in [3.05, 3.63) is 95.3 Å². The van der Waals surface area contributed by atoms with Crippen LogP contribution in [-0.2, 0) is 25.7 Å². The van der Waals surface area contributed by atoms with Crippen LogP contribution in [-0.4, -0.2) is 9.13 Å². The summed E-state index contributed by atoms with van der Waals surface area (Å²) >= 11 is 0. The molecule has 5 aromatic rings. The van der Waals surface area contributed by atoms with Crippen LogP contribution >= 0.6 is 0 Å². The molecule has 3 aromatic carbocycles. The summed E-state index contributed by atoms with van der Waals surface area (Å²) in [7, 11) is 0. The molecule has 0 N–H and O–H groups in total. The van der Waals surface area contributed by atoms with Gasteiger partial charge in [-0.25, -0.2) is 0 Å². The molecule has 2 heteroatoms. The Balaban J connectivity index is 1.48. The Bertz CT molecular complexity index is 1370. The molecule has 2 aliphatic rings. The Labute approximate surface area is 189 Å². The zero-order valence-corrected chi connectivity index (χ0v) is 18.5. The fourth-order valence-corrected chi connectivity index (χ4v) is 6.35. The third kappa shape index (κ3) is 2.59. The molecule has 2 aromatic heterocycles. The van der Waals surface area contributed by atoms with Gasteiger partial charge in [-0.3, -0.25) is 0 Å². The maximum Gasteiger partial charge on any atom is 0.0534 e. The summed E-state index contributed by atoms with van der Waals surface area (Å²) in [6.45, 7) is 0. The Morgan fingerprint density at radius 3 is 1.47 bits per heavy atom. The van der Waals surface area contributed by atoms with Crippen LogP contribution in [0.4, 0.5) is 0 Å². The van der Waals surface area contributed by atoms with Gasteiger partial charge >= 0.3 is 0 Å². The summed E-state index contributed by atoms with van der Waals surface area (Å²) in [6, 6.07) is 27.2. The molecule has 158 valence electrons. The summed E-state index contributed by atoms with van der Waals surface area (Å²) in [5, 5.41) is 2.88. The van der Waals surface area contributed by atoms with Crippen LogP contribution in [0.2, 0.25) is 0 Å². The third-order valence-electron chi connectivity index (χ3n) is 7.70. The molecule has 0 saturated carbocycles. The maximum atomic E-state index is 2.55. The molecule has 2 aliphatic carbocycles. The van der Waals surface area contributed by atoms with Crippen LogP contribution in [0, 0.1) is 0 Å². The van der Waals surface area contributed by atoms with Crippen LogP contribution < -0.4 is 0 Å². The molecule has 0 radical (unpaired) electrons. The van der Waals surface area contributed by atoms with Crippen LogP contribution in [0.1, 0.15) is 48.2 Å². The highest BCUT2D eigenvalue weighted by molar-refractivity contribution is 5.89. The molecule has 0 atom stereocenters. The SMILES string of the molecule is c1cc(-n2c3c(c4ccccc42)CCCC3)cc(-n2c3c(c4ccccc42)CCCC3)c1. The average Bonchev–Trinajstić information content (AvgIpc) is 3.37.